The zero-order valence-corrected chi connectivity index (χ0v) is 9.73. The number of nitrogens with zero attached hydrogens (tertiary/aromatic N) is 1. The molecule has 0 spiro atoms. The third-order valence-corrected chi connectivity index (χ3v) is 3.08. The van der Waals surface area contributed by atoms with E-state index < -0.39 is 11.6 Å². The molecule has 4 heteroatoms. The molecule has 4 nitrogen and oxygen atoms in total. The van der Waals surface area contributed by atoms with Crippen LogP contribution in [-0.2, 0) is 0 Å². The fourth-order valence-corrected chi connectivity index (χ4v) is 2.10. The Labute approximate surface area is 90.9 Å². The average Bonchev–Trinajstić information content (AvgIpc) is 2.44. The van der Waals surface area contributed by atoms with E-state index >= 15 is 0 Å². The Morgan fingerprint density at radius 3 is 2.33 bits per heavy atom. The Bertz CT molecular complexity index is 234. The van der Waals surface area contributed by atoms with Crippen LogP contribution in [0.15, 0.2) is 0 Å². The number of aliphatic hydroxyl groups excluding tert-OH is 1. The van der Waals surface area contributed by atoms with Gasteiger partial charge in [-0.1, -0.05) is 6.42 Å². The summed E-state index contributed by atoms with van der Waals surface area (Å²) >= 11 is 0. The number of amides is 1. The maximum Gasteiger partial charge on any atom is 0.407 e. The first-order chi connectivity index (χ1) is 6.82. The van der Waals surface area contributed by atoms with Gasteiger partial charge in [-0.25, -0.2) is 4.79 Å². The van der Waals surface area contributed by atoms with Crippen LogP contribution in [0.1, 0.15) is 40.0 Å². The molecule has 15 heavy (non-hydrogen) atoms. The van der Waals surface area contributed by atoms with E-state index in [1.165, 1.54) is 4.90 Å². The van der Waals surface area contributed by atoms with Gasteiger partial charge in [0.05, 0.1) is 6.10 Å². The molecule has 1 aliphatic rings. The molecule has 0 aromatic carbocycles. The summed E-state index contributed by atoms with van der Waals surface area (Å²) in [4.78, 5) is 12.5. The molecule has 2 atom stereocenters. The normalized spacial score (nSPS) is 26.7. The van der Waals surface area contributed by atoms with E-state index in [1.54, 1.807) is 0 Å². The third kappa shape index (κ3) is 3.09. The van der Waals surface area contributed by atoms with Crippen molar-refractivity contribution in [2.75, 3.05) is 6.54 Å². The van der Waals surface area contributed by atoms with Gasteiger partial charge in [-0.15, -0.1) is 0 Å². The molecule has 0 saturated heterocycles. The second-order valence-electron chi connectivity index (χ2n) is 5.32. The van der Waals surface area contributed by atoms with E-state index in [2.05, 4.69) is 0 Å². The maximum absolute atomic E-state index is 11.1. The zero-order chi connectivity index (χ0) is 11.6. The monoisotopic (exact) mass is 215 g/mol. The number of aliphatic hydroxyl groups is 1. The lowest BCUT2D eigenvalue weighted by atomic mass is 10.0. The topological polar surface area (TPSA) is 60.8 Å². The highest BCUT2D eigenvalue weighted by Gasteiger charge is 2.33. The molecule has 0 radical (unpaired) electrons. The molecule has 1 amide bonds. The first-order valence-electron chi connectivity index (χ1n) is 5.51. The van der Waals surface area contributed by atoms with Crippen molar-refractivity contribution in [1.29, 1.82) is 0 Å². The van der Waals surface area contributed by atoms with Crippen molar-refractivity contribution in [3.8, 4) is 0 Å². The molecule has 88 valence electrons. The lowest BCUT2D eigenvalue weighted by Gasteiger charge is -2.35. The predicted octanol–water partition coefficient (Wildman–Crippen LogP) is 1.93. The SMILES string of the molecule is CC(C)(C)N(C[C@H]1CCC[C@H]1O)C(=O)O. The van der Waals surface area contributed by atoms with Crippen LogP contribution in [0.3, 0.4) is 0 Å². The highest BCUT2D eigenvalue weighted by Crippen LogP contribution is 2.28. The van der Waals surface area contributed by atoms with E-state index in [4.69, 9.17) is 5.11 Å². The van der Waals surface area contributed by atoms with Crippen LogP contribution in [0, 0.1) is 5.92 Å². The van der Waals surface area contributed by atoms with Gasteiger partial charge in [-0.3, -0.25) is 0 Å². The summed E-state index contributed by atoms with van der Waals surface area (Å²) in [6.45, 7) is 6.08. The number of hydrogen-bond acceptors (Lipinski definition) is 2. The van der Waals surface area contributed by atoms with Gasteiger partial charge in [0, 0.05) is 18.0 Å². The molecule has 0 bridgehead atoms. The number of carboxylic acid groups (broad SMARTS) is 1. The molecule has 1 saturated carbocycles. The number of rotatable bonds is 2. The molecule has 1 aliphatic carbocycles. The minimum atomic E-state index is -0.901. The third-order valence-electron chi connectivity index (χ3n) is 3.08. The van der Waals surface area contributed by atoms with Crippen LogP contribution >= 0.6 is 0 Å². The fourth-order valence-electron chi connectivity index (χ4n) is 2.10. The molecule has 2 N–H and O–H groups in total. The lowest BCUT2D eigenvalue weighted by molar-refractivity contribution is 0.0599. The van der Waals surface area contributed by atoms with Gasteiger partial charge in [0.15, 0.2) is 0 Å². The largest absolute Gasteiger partial charge is 0.465 e. The Hall–Kier alpha value is -0.770. The highest BCUT2D eigenvalue weighted by molar-refractivity contribution is 5.66. The van der Waals surface area contributed by atoms with Crippen molar-refractivity contribution < 1.29 is 15.0 Å². The lowest BCUT2D eigenvalue weighted by Crippen LogP contribution is -2.48. The molecule has 0 unspecified atom stereocenters. The van der Waals surface area contributed by atoms with Crippen LogP contribution in [0.4, 0.5) is 4.79 Å². The fraction of sp³-hybridized carbons (Fsp3) is 0.909. The van der Waals surface area contributed by atoms with E-state index in [0.717, 1.165) is 19.3 Å². The quantitative estimate of drug-likeness (QED) is 0.740. The first kappa shape index (κ1) is 12.3. The van der Waals surface area contributed by atoms with Crippen LogP contribution < -0.4 is 0 Å². The second-order valence-corrected chi connectivity index (χ2v) is 5.32. The molecular formula is C11H21NO3. The van der Waals surface area contributed by atoms with Gasteiger partial charge in [0.2, 0.25) is 0 Å². The average molecular weight is 215 g/mol. The van der Waals surface area contributed by atoms with Gasteiger partial charge < -0.3 is 15.1 Å². The van der Waals surface area contributed by atoms with Crippen LogP contribution in [0.5, 0.6) is 0 Å². The summed E-state index contributed by atoms with van der Waals surface area (Å²) in [5, 5.41) is 18.8. The molecule has 1 fully saturated rings. The molecule has 1 rings (SSSR count). The Balaban J connectivity index is 2.63. The van der Waals surface area contributed by atoms with Gasteiger partial charge in [0.1, 0.15) is 0 Å². The first-order valence-corrected chi connectivity index (χ1v) is 5.51. The highest BCUT2D eigenvalue weighted by atomic mass is 16.4. The minimum Gasteiger partial charge on any atom is -0.465 e. The summed E-state index contributed by atoms with van der Waals surface area (Å²) < 4.78 is 0. The molecule has 0 heterocycles. The van der Waals surface area contributed by atoms with Crippen molar-refractivity contribution in [3.05, 3.63) is 0 Å². The minimum absolute atomic E-state index is 0.111. The van der Waals surface area contributed by atoms with Gasteiger partial charge in [-0.05, 0) is 33.6 Å². The van der Waals surface area contributed by atoms with Crippen LogP contribution in [0.25, 0.3) is 0 Å². The van der Waals surface area contributed by atoms with E-state index in [1.807, 2.05) is 20.8 Å². The smallest absolute Gasteiger partial charge is 0.407 e. The summed E-state index contributed by atoms with van der Waals surface area (Å²) in [5.74, 6) is 0.111. The van der Waals surface area contributed by atoms with Gasteiger partial charge >= 0.3 is 6.09 Å². The summed E-state index contributed by atoms with van der Waals surface area (Å²) in [6, 6.07) is 0. The van der Waals surface area contributed by atoms with Crippen molar-refractivity contribution in [2.45, 2.75) is 51.7 Å². The standard InChI is InChI=1S/C11H21NO3/c1-11(2,3)12(10(14)15)7-8-5-4-6-9(8)13/h8-9,13H,4-7H2,1-3H3,(H,14,15)/t8-,9-/m1/s1. The molecule has 0 aromatic heterocycles. The summed E-state index contributed by atoms with van der Waals surface area (Å²) in [6.07, 6.45) is 1.52. The molecular weight excluding hydrogens is 194 g/mol. The number of hydrogen-bond donors (Lipinski definition) is 2. The Kier molecular flexibility index (Phi) is 3.60. The second kappa shape index (κ2) is 4.39. The van der Waals surface area contributed by atoms with E-state index in [9.17, 15) is 9.90 Å². The van der Waals surface area contributed by atoms with Crippen LogP contribution in [0.2, 0.25) is 0 Å². The molecule has 0 aliphatic heterocycles. The summed E-state index contributed by atoms with van der Waals surface area (Å²) in [5.41, 5.74) is -0.395. The van der Waals surface area contributed by atoms with Crippen LogP contribution in [-0.4, -0.2) is 39.4 Å². The van der Waals surface area contributed by atoms with Gasteiger partial charge in [0.25, 0.3) is 0 Å². The van der Waals surface area contributed by atoms with Crippen molar-refractivity contribution in [1.82, 2.24) is 4.90 Å². The zero-order valence-electron chi connectivity index (χ0n) is 9.73. The van der Waals surface area contributed by atoms with Gasteiger partial charge in [-0.2, -0.15) is 0 Å². The van der Waals surface area contributed by atoms with Crippen molar-refractivity contribution in [3.63, 3.8) is 0 Å². The van der Waals surface area contributed by atoms with Crippen molar-refractivity contribution in [2.24, 2.45) is 5.92 Å². The van der Waals surface area contributed by atoms with E-state index in [-0.39, 0.29) is 12.0 Å². The van der Waals surface area contributed by atoms with Crippen molar-refractivity contribution >= 4 is 6.09 Å². The Morgan fingerprint density at radius 1 is 1.40 bits per heavy atom. The Morgan fingerprint density at radius 2 is 2.00 bits per heavy atom. The molecule has 0 aromatic rings. The number of carbonyl (C=O) groups is 1. The maximum atomic E-state index is 11.1. The summed E-state index contributed by atoms with van der Waals surface area (Å²) in [7, 11) is 0. The predicted molar refractivity (Wildman–Crippen MR) is 57.8 cm³/mol. The van der Waals surface area contributed by atoms with E-state index in [0.29, 0.717) is 6.54 Å².